The van der Waals surface area contributed by atoms with Gasteiger partial charge in [0.2, 0.25) is 5.91 Å². The van der Waals surface area contributed by atoms with Crippen molar-refractivity contribution in [3.8, 4) is 0 Å². The fraction of sp³-hybridized carbons (Fsp3) is 0.875. The van der Waals surface area contributed by atoms with Crippen LogP contribution in [-0.2, 0) is 9.53 Å². The maximum absolute atomic E-state index is 10.9. The molecular formula is C8H18N2O2. The zero-order chi connectivity index (χ0) is 9.56. The van der Waals surface area contributed by atoms with Crippen LogP contribution in [0.5, 0.6) is 0 Å². The molecule has 0 aromatic heterocycles. The summed E-state index contributed by atoms with van der Waals surface area (Å²) in [5.74, 6) is 0.265. The molecule has 1 atom stereocenters. The maximum atomic E-state index is 10.9. The van der Waals surface area contributed by atoms with Crippen molar-refractivity contribution in [2.45, 2.75) is 19.9 Å². The van der Waals surface area contributed by atoms with Crippen LogP contribution in [0.15, 0.2) is 0 Å². The Kier molecular flexibility index (Phi) is 5.66. The number of amides is 1. The summed E-state index contributed by atoms with van der Waals surface area (Å²) in [5.41, 5.74) is 5.71. The summed E-state index contributed by atoms with van der Waals surface area (Å²) in [6.07, 6.45) is 0. The Labute approximate surface area is 73.5 Å². The number of hydrogen-bond acceptors (Lipinski definition) is 3. The Balaban J connectivity index is 3.47. The molecule has 1 amide bonds. The molecule has 0 aromatic carbocycles. The van der Waals surface area contributed by atoms with Crippen LogP contribution < -0.4 is 11.1 Å². The second kappa shape index (κ2) is 5.97. The molecule has 0 aromatic rings. The molecular weight excluding hydrogens is 156 g/mol. The Morgan fingerprint density at radius 1 is 1.58 bits per heavy atom. The first-order valence-corrected chi connectivity index (χ1v) is 4.09. The first-order chi connectivity index (χ1) is 5.57. The smallest absolute Gasteiger partial charge is 0.246 e. The van der Waals surface area contributed by atoms with Crippen molar-refractivity contribution in [1.82, 2.24) is 5.32 Å². The van der Waals surface area contributed by atoms with E-state index < -0.39 is 0 Å². The summed E-state index contributed by atoms with van der Waals surface area (Å²) in [6.45, 7) is 4.66. The van der Waals surface area contributed by atoms with Gasteiger partial charge in [-0.15, -0.1) is 0 Å². The van der Waals surface area contributed by atoms with E-state index in [4.69, 9.17) is 5.73 Å². The highest BCUT2D eigenvalue weighted by atomic mass is 16.5. The molecule has 4 nitrogen and oxygen atoms in total. The van der Waals surface area contributed by atoms with Gasteiger partial charge in [-0.2, -0.15) is 0 Å². The van der Waals surface area contributed by atoms with Gasteiger partial charge in [0.05, 0.1) is 0 Å². The number of carbonyl (C=O) groups is 1. The van der Waals surface area contributed by atoms with E-state index in [1.807, 2.05) is 13.8 Å². The first kappa shape index (κ1) is 11.4. The quantitative estimate of drug-likeness (QED) is 0.603. The summed E-state index contributed by atoms with van der Waals surface area (Å²) >= 11 is 0. The van der Waals surface area contributed by atoms with Crippen LogP contribution in [0.3, 0.4) is 0 Å². The molecule has 0 spiro atoms. The number of ether oxygens (including phenoxy) is 1. The summed E-state index contributed by atoms with van der Waals surface area (Å²) in [4.78, 5) is 10.9. The van der Waals surface area contributed by atoms with Gasteiger partial charge in [-0.05, 0) is 5.92 Å². The third-order valence-electron chi connectivity index (χ3n) is 1.67. The summed E-state index contributed by atoms with van der Waals surface area (Å²) in [5, 5.41) is 2.68. The van der Waals surface area contributed by atoms with Crippen molar-refractivity contribution in [3.05, 3.63) is 0 Å². The minimum atomic E-state index is -0.117. The SMILES string of the molecule is COCC(=O)NCC(N)C(C)C. The fourth-order valence-corrected chi connectivity index (χ4v) is 0.650. The van der Waals surface area contributed by atoms with Crippen LogP contribution in [0.1, 0.15) is 13.8 Å². The normalized spacial score (nSPS) is 13.1. The van der Waals surface area contributed by atoms with Crippen LogP contribution in [0.2, 0.25) is 0 Å². The highest BCUT2D eigenvalue weighted by Gasteiger charge is 2.08. The number of nitrogens with one attached hydrogen (secondary N) is 1. The Hall–Kier alpha value is -0.610. The Morgan fingerprint density at radius 2 is 2.17 bits per heavy atom. The van der Waals surface area contributed by atoms with Gasteiger partial charge >= 0.3 is 0 Å². The van der Waals surface area contributed by atoms with Gasteiger partial charge in [0, 0.05) is 19.7 Å². The van der Waals surface area contributed by atoms with Gasteiger partial charge in [-0.3, -0.25) is 4.79 Å². The zero-order valence-corrected chi connectivity index (χ0v) is 7.96. The number of methoxy groups -OCH3 is 1. The topological polar surface area (TPSA) is 64.3 Å². The molecule has 0 fully saturated rings. The summed E-state index contributed by atoms with van der Waals surface area (Å²) < 4.78 is 4.64. The molecule has 0 saturated carbocycles. The van der Waals surface area contributed by atoms with Gasteiger partial charge in [0.25, 0.3) is 0 Å². The van der Waals surface area contributed by atoms with Crippen LogP contribution in [-0.4, -0.2) is 32.2 Å². The van der Waals surface area contributed by atoms with Crippen LogP contribution >= 0.6 is 0 Å². The summed E-state index contributed by atoms with van der Waals surface area (Å²) in [7, 11) is 1.49. The maximum Gasteiger partial charge on any atom is 0.246 e. The molecule has 12 heavy (non-hydrogen) atoms. The van der Waals surface area contributed by atoms with Crippen LogP contribution in [0.4, 0.5) is 0 Å². The van der Waals surface area contributed by atoms with E-state index in [0.717, 1.165) is 0 Å². The van der Waals surface area contributed by atoms with Crippen molar-refractivity contribution >= 4 is 5.91 Å². The average Bonchev–Trinajstić information content (AvgIpc) is 2.00. The lowest BCUT2D eigenvalue weighted by Crippen LogP contribution is -2.41. The first-order valence-electron chi connectivity index (χ1n) is 4.09. The van der Waals surface area contributed by atoms with E-state index in [1.54, 1.807) is 0 Å². The second-order valence-electron chi connectivity index (χ2n) is 3.14. The zero-order valence-electron chi connectivity index (χ0n) is 7.96. The molecule has 0 rings (SSSR count). The molecule has 0 heterocycles. The number of hydrogen-bond donors (Lipinski definition) is 2. The molecule has 0 saturated heterocycles. The standard InChI is InChI=1S/C8H18N2O2/c1-6(2)7(9)4-10-8(11)5-12-3/h6-7H,4-5,9H2,1-3H3,(H,10,11). The molecule has 72 valence electrons. The molecule has 0 aliphatic heterocycles. The van der Waals surface area contributed by atoms with E-state index >= 15 is 0 Å². The van der Waals surface area contributed by atoms with E-state index in [9.17, 15) is 4.79 Å². The molecule has 4 heteroatoms. The largest absolute Gasteiger partial charge is 0.375 e. The van der Waals surface area contributed by atoms with Crippen LogP contribution in [0, 0.1) is 5.92 Å². The minimum absolute atomic E-state index is 0.0193. The Morgan fingerprint density at radius 3 is 2.58 bits per heavy atom. The molecule has 3 N–H and O–H groups in total. The van der Waals surface area contributed by atoms with Gasteiger partial charge in [-0.25, -0.2) is 0 Å². The molecule has 1 unspecified atom stereocenters. The molecule has 0 radical (unpaired) electrons. The average molecular weight is 174 g/mol. The fourth-order valence-electron chi connectivity index (χ4n) is 0.650. The van der Waals surface area contributed by atoms with E-state index in [0.29, 0.717) is 12.5 Å². The number of nitrogens with two attached hydrogens (primary N) is 1. The van der Waals surface area contributed by atoms with Crippen molar-refractivity contribution in [2.75, 3.05) is 20.3 Å². The van der Waals surface area contributed by atoms with Crippen molar-refractivity contribution in [3.63, 3.8) is 0 Å². The van der Waals surface area contributed by atoms with E-state index in [2.05, 4.69) is 10.1 Å². The third-order valence-corrected chi connectivity index (χ3v) is 1.67. The lowest BCUT2D eigenvalue weighted by Gasteiger charge is -2.15. The van der Waals surface area contributed by atoms with E-state index in [1.165, 1.54) is 7.11 Å². The second-order valence-corrected chi connectivity index (χ2v) is 3.14. The van der Waals surface area contributed by atoms with Gasteiger partial charge in [0.1, 0.15) is 6.61 Å². The predicted octanol–water partition coefficient (Wildman–Crippen LogP) is -0.268. The monoisotopic (exact) mass is 174 g/mol. The van der Waals surface area contributed by atoms with Crippen molar-refractivity contribution in [1.29, 1.82) is 0 Å². The number of carbonyl (C=O) groups excluding carboxylic acids is 1. The highest BCUT2D eigenvalue weighted by molar-refractivity contribution is 5.77. The Bertz CT molecular complexity index is 137. The van der Waals surface area contributed by atoms with Crippen LogP contribution in [0.25, 0.3) is 0 Å². The van der Waals surface area contributed by atoms with Gasteiger partial charge in [0.15, 0.2) is 0 Å². The number of rotatable bonds is 5. The van der Waals surface area contributed by atoms with Crippen molar-refractivity contribution < 1.29 is 9.53 Å². The molecule has 0 bridgehead atoms. The predicted molar refractivity (Wildman–Crippen MR) is 47.7 cm³/mol. The lowest BCUT2D eigenvalue weighted by atomic mass is 10.1. The van der Waals surface area contributed by atoms with Gasteiger partial charge in [-0.1, -0.05) is 13.8 Å². The molecule has 0 aliphatic carbocycles. The highest BCUT2D eigenvalue weighted by Crippen LogP contribution is 1.95. The minimum Gasteiger partial charge on any atom is -0.375 e. The lowest BCUT2D eigenvalue weighted by molar-refractivity contribution is -0.124. The molecule has 0 aliphatic rings. The van der Waals surface area contributed by atoms with Crippen molar-refractivity contribution in [2.24, 2.45) is 11.7 Å². The van der Waals surface area contributed by atoms with Gasteiger partial charge < -0.3 is 15.8 Å². The van der Waals surface area contributed by atoms with E-state index in [-0.39, 0.29) is 18.6 Å². The summed E-state index contributed by atoms with van der Waals surface area (Å²) in [6, 6.07) is 0.0193. The third kappa shape index (κ3) is 5.09.